The molecule has 0 aliphatic rings. The maximum Gasteiger partial charge on any atom is 0.325 e. The molecular weight excluding hydrogens is 342 g/mol. The van der Waals surface area contributed by atoms with Crippen LogP contribution in [0.2, 0.25) is 0 Å². The molecule has 2 aromatic heterocycles. The van der Waals surface area contributed by atoms with Crippen molar-refractivity contribution in [3.63, 3.8) is 0 Å². The third kappa shape index (κ3) is 4.42. The molecule has 2 N–H and O–H groups in total. The Hall–Kier alpha value is -2.16. The number of hydrogen-bond donors (Lipinski definition) is 2. The highest BCUT2D eigenvalue weighted by molar-refractivity contribution is 9.10. The van der Waals surface area contributed by atoms with Gasteiger partial charge in [0.15, 0.2) is 0 Å². The van der Waals surface area contributed by atoms with Crippen LogP contribution in [0, 0.1) is 0 Å². The zero-order valence-corrected chi connectivity index (χ0v) is 12.7. The van der Waals surface area contributed by atoms with Crippen molar-refractivity contribution in [1.82, 2.24) is 24.9 Å². The molecule has 0 saturated carbocycles. The van der Waals surface area contributed by atoms with Crippen LogP contribution in [0.25, 0.3) is 0 Å². The van der Waals surface area contributed by atoms with Crippen LogP contribution in [0.5, 0.6) is 0 Å². The van der Waals surface area contributed by atoms with Crippen LogP contribution in [0.3, 0.4) is 0 Å². The monoisotopic (exact) mass is 355 g/mol. The van der Waals surface area contributed by atoms with Crippen molar-refractivity contribution < 1.29 is 14.7 Å². The van der Waals surface area contributed by atoms with Gasteiger partial charge in [0.05, 0.1) is 10.7 Å². The van der Waals surface area contributed by atoms with Gasteiger partial charge in [-0.3, -0.25) is 14.3 Å². The van der Waals surface area contributed by atoms with Gasteiger partial charge in [-0.1, -0.05) is 0 Å². The van der Waals surface area contributed by atoms with Crippen molar-refractivity contribution in [1.29, 1.82) is 0 Å². The third-order valence-corrected chi connectivity index (χ3v) is 3.09. The molecule has 0 aliphatic carbocycles. The number of carboxylic acid groups (broad SMARTS) is 1. The van der Waals surface area contributed by atoms with E-state index in [2.05, 4.69) is 31.4 Å². The molecule has 21 heavy (non-hydrogen) atoms. The summed E-state index contributed by atoms with van der Waals surface area (Å²) in [5.41, 5.74) is 0.235. The summed E-state index contributed by atoms with van der Waals surface area (Å²) in [7, 11) is 0. The molecule has 0 saturated heterocycles. The molecule has 0 fully saturated rings. The zero-order valence-electron chi connectivity index (χ0n) is 11.1. The minimum atomic E-state index is -1.04. The normalized spacial score (nSPS) is 10.5. The second-order valence-corrected chi connectivity index (χ2v) is 5.21. The molecule has 2 aromatic rings. The lowest BCUT2D eigenvalue weighted by molar-refractivity contribution is -0.137. The molecule has 0 unspecified atom stereocenters. The Morgan fingerprint density at radius 2 is 2.19 bits per heavy atom. The summed E-state index contributed by atoms with van der Waals surface area (Å²) in [6.07, 6.45) is 5.67. The van der Waals surface area contributed by atoms with Gasteiger partial charge in [0.2, 0.25) is 0 Å². The van der Waals surface area contributed by atoms with E-state index in [9.17, 15) is 9.59 Å². The van der Waals surface area contributed by atoms with Crippen molar-refractivity contribution in [3.05, 3.63) is 34.8 Å². The Kier molecular flexibility index (Phi) is 5.09. The van der Waals surface area contributed by atoms with E-state index in [0.717, 1.165) is 9.15 Å². The van der Waals surface area contributed by atoms with E-state index in [1.165, 1.54) is 12.3 Å². The van der Waals surface area contributed by atoms with Crippen LogP contribution in [0.15, 0.2) is 29.1 Å². The SMILES string of the molecule is O=C(O)Cn1nccc1C(=O)NCCCn1cc(Br)cn1. The summed E-state index contributed by atoms with van der Waals surface area (Å²) in [5.74, 6) is -1.38. The molecule has 0 radical (unpaired) electrons. The number of aliphatic carboxylic acids is 1. The number of carbonyl (C=O) groups is 2. The lowest BCUT2D eigenvalue weighted by Crippen LogP contribution is -2.28. The van der Waals surface area contributed by atoms with Gasteiger partial charge in [-0.15, -0.1) is 0 Å². The van der Waals surface area contributed by atoms with Gasteiger partial charge in [-0.25, -0.2) is 4.68 Å². The summed E-state index contributed by atoms with van der Waals surface area (Å²) in [6.45, 7) is 0.811. The first kappa shape index (κ1) is 15.2. The summed E-state index contributed by atoms with van der Waals surface area (Å²) in [4.78, 5) is 22.6. The summed E-state index contributed by atoms with van der Waals surface area (Å²) < 4.78 is 3.83. The second kappa shape index (κ2) is 7.02. The number of halogens is 1. The van der Waals surface area contributed by atoms with Gasteiger partial charge in [0, 0.05) is 25.5 Å². The molecule has 2 rings (SSSR count). The number of aryl methyl sites for hydroxylation is 1. The van der Waals surface area contributed by atoms with E-state index in [1.807, 2.05) is 6.20 Å². The quantitative estimate of drug-likeness (QED) is 0.713. The largest absolute Gasteiger partial charge is 0.480 e. The molecule has 0 bridgehead atoms. The Balaban J connectivity index is 1.79. The van der Waals surface area contributed by atoms with Crippen LogP contribution in [-0.2, 0) is 17.9 Å². The fourth-order valence-corrected chi connectivity index (χ4v) is 2.10. The van der Waals surface area contributed by atoms with Crippen molar-refractivity contribution in [2.45, 2.75) is 19.5 Å². The molecule has 112 valence electrons. The van der Waals surface area contributed by atoms with Gasteiger partial charge >= 0.3 is 5.97 Å². The predicted molar refractivity (Wildman–Crippen MR) is 76.7 cm³/mol. The average Bonchev–Trinajstić information content (AvgIpc) is 3.03. The second-order valence-electron chi connectivity index (χ2n) is 4.30. The number of carboxylic acids is 1. The molecule has 8 nitrogen and oxygen atoms in total. The molecule has 1 amide bonds. The van der Waals surface area contributed by atoms with E-state index in [0.29, 0.717) is 19.5 Å². The number of aromatic nitrogens is 4. The van der Waals surface area contributed by atoms with Crippen LogP contribution < -0.4 is 5.32 Å². The first-order valence-corrected chi connectivity index (χ1v) is 7.05. The summed E-state index contributed by atoms with van der Waals surface area (Å²) in [5, 5.41) is 19.4. The van der Waals surface area contributed by atoms with Crippen LogP contribution in [0.4, 0.5) is 0 Å². The third-order valence-electron chi connectivity index (χ3n) is 2.69. The van der Waals surface area contributed by atoms with E-state index >= 15 is 0 Å². The van der Waals surface area contributed by atoms with Crippen molar-refractivity contribution in [3.8, 4) is 0 Å². The standard InChI is InChI=1S/C12H14BrN5O3/c13-9-6-16-17(7-9)5-1-3-14-12(21)10-2-4-15-18(10)8-11(19)20/h2,4,6-7H,1,3,5,8H2,(H,14,21)(H,19,20). The minimum absolute atomic E-state index is 0.235. The summed E-state index contributed by atoms with van der Waals surface area (Å²) >= 11 is 3.31. The Bertz CT molecular complexity index is 636. The Morgan fingerprint density at radius 3 is 2.86 bits per heavy atom. The molecule has 2 heterocycles. The van der Waals surface area contributed by atoms with Crippen molar-refractivity contribution >= 4 is 27.8 Å². The smallest absolute Gasteiger partial charge is 0.325 e. The molecular formula is C12H14BrN5O3. The maximum atomic E-state index is 11.9. The number of amides is 1. The molecule has 9 heteroatoms. The highest BCUT2D eigenvalue weighted by atomic mass is 79.9. The number of hydrogen-bond acceptors (Lipinski definition) is 4. The van der Waals surface area contributed by atoms with Crippen LogP contribution in [0.1, 0.15) is 16.9 Å². The van der Waals surface area contributed by atoms with Gasteiger partial charge in [0.1, 0.15) is 12.2 Å². The van der Waals surface area contributed by atoms with Gasteiger partial charge in [-0.2, -0.15) is 10.2 Å². The molecule has 0 aliphatic heterocycles. The fraction of sp³-hybridized carbons (Fsp3) is 0.333. The van der Waals surface area contributed by atoms with E-state index < -0.39 is 5.97 Å². The average molecular weight is 356 g/mol. The highest BCUT2D eigenvalue weighted by Crippen LogP contribution is 2.06. The van der Waals surface area contributed by atoms with Crippen LogP contribution in [-0.4, -0.2) is 43.1 Å². The lowest BCUT2D eigenvalue weighted by Gasteiger charge is -2.07. The topological polar surface area (TPSA) is 102 Å². The fourth-order valence-electron chi connectivity index (χ4n) is 1.77. The first-order valence-electron chi connectivity index (χ1n) is 6.26. The Labute approximate surface area is 128 Å². The molecule has 0 spiro atoms. The van der Waals surface area contributed by atoms with Gasteiger partial charge in [-0.05, 0) is 28.4 Å². The summed E-state index contributed by atoms with van der Waals surface area (Å²) in [6, 6.07) is 1.49. The predicted octanol–water partition coefficient (Wildman–Crippen LogP) is 0.747. The zero-order chi connectivity index (χ0) is 15.2. The lowest BCUT2D eigenvalue weighted by atomic mass is 10.3. The maximum absolute atomic E-state index is 11.9. The van der Waals surface area contributed by atoms with Crippen molar-refractivity contribution in [2.24, 2.45) is 0 Å². The first-order chi connectivity index (χ1) is 10.1. The number of nitrogens with one attached hydrogen (secondary N) is 1. The Morgan fingerprint density at radius 1 is 1.38 bits per heavy atom. The number of nitrogens with zero attached hydrogens (tertiary/aromatic N) is 4. The molecule has 0 atom stereocenters. The van der Waals surface area contributed by atoms with E-state index in [-0.39, 0.29) is 18.1 Å². The van der Waals surface area contributed by atoms with E-state index in [4.69, 9.17) is 5.11 Å². The number of carbonyl (C=O) groups excluding carboxylic acids is 1. The minimum Gasteiger partial charge on any atom is -0.480 e. The van der Waals surface area contributed by atoms with Gasteiger partial charge < -0.3 is 10.4 Å². The number of rotatable bonds is 7. The van der Waals surface area contributed by atoms with Crippen LogP contribution >= 0.6 is 15.9 Å². The van der Waals surface area contributed by atoms with Crippen molar-refractivity contribution in [2.75, 3.05) is 6.54 Å². The molecule has 0 aromatic carbocycles. The highest BCUT2D eigenvalue weighted by Gasteiger charge is 2.13. The van der Waals surface area contributed by atoms with Gasteiger partial charge in [0.25, 0.3) is 5.91 Å². The van der Waals surface area contributed by atoms with E-state index in [1.54, 1.807) is 10.9 Å².